The van der Waals surface area contributed by atoms with E-state index in [1.165, 1.54) is 0 Å². The molecule has 0 N–H and O–H groups in total. The van der Waals surface area contributed by atoms with Crippen LogP contribution in [0, 0.1) is 0 Å². The fraction of sp³-hybridized carbons (Fsp3) is 0.750. The fourth-order valence-electron chi connectivity index (χ4n) is 1.82. The summed E-state index contributed by atoms with van der Waals surface area (Å²) in [7, 11) is 11.0. The van der Waals surface area contributed by atoms with Crippen LogP contribution in [0.5, 0.6) is 0 Å². The van der Waals surface area contributed by atoms with Gasteiger partial charge in [-0.1, -0.05) is 25.9 Å². The number of aromatic nitrogens is 3. The van der Waals surface area contributed by atoms with E-state index in [9.17, 15) is 0 Å². The number of hydrogen-bond donors (Lipinski definition) is 0. The first-order valence-corrected chi connectivity index (χ1v) is 6.01. The number of rotatable bonds is 3. The molecular formula is C8H20B5N3. The van der Waals surface area contributed by atoms with E-state index in [4.69, 9.17) is 0 Å². The van der Waals surface area contributed by atoms with Crippen molar-refractivity contribution in [3.8, 4) is 0 Å². The lowest BCUT2D eigenvalue weighted by molar-refractivity contribution is 0.564. The Balaban J connectivity index is 3.44. The van der Waals surface area contributed by atoms with Crippen LogP contribution in [0.1, 0.15) is 38.3 Å². The Morgan fingerprint density at radius 3 is 1.88 bits per heavy atom. The van der Waals surface area contributed by atoms with Gasteiger partial charge < -0.3 is 4.57 Å². The molecule has 0 aromatic carbocycles. The lowest BCUT2D eigenvalue weighted by Crippen LogP contribution is -2.40. The van der Waals surface area contributed by atoms with Gasteiger partial charge in [-0.15, -0.1) is 10.2 Å². The first-order valence-electron chi connectivity index (χ1n) is 6.01. The van der Waals surface area contributed by atoms with Gasteiger partial charge in [0.05, 0.1) is 23.5 Å². The minimum absolute atomic E-state index is 0.0334. The van der Waals surface area contributed by atoms with E-state index in [0.717, 1.165) is 11.6 Å². The van der Waals surface area contributed by atoms with Crippen LogP contribution in [-0.4, -0.2) is 54.0 Å². The molecule has 0 aliphatic carbocycles. The summed E-state index contributed by atoms with van der Waals surface area (Å²) in [6.07, 6.45) is 0. The van der Waals surface area contributed by atoms with Crippen LogP contribution >= 0.6 is 0 Å². The van der Waals surface area contributed by atoms with Crippen LogP contribution in [0.25, 0.3) is 0 Å². The topological polar surface area (TPSA) is 30.7 Å². The normalized spacial score (nSPS) is 13.2. The van der Waals surface area contributed by atoms with Gasteiger partial charge in [0.2, 0.25) is 0 Å². The predicted molar refractivity (Wildman–Crippen MR) is 82.2 cm³/mol. The number of hydrogen-bond acceptors (Lipinski definition) is 2. The van der Waals surface area contributed by atoms with Crippen molar-refractivity contribution < 1.29 is 0 Å². The third kappa shape index (κ3) is 2.58. The smallest absolute Gasteiger partial charge is 0.134 e. The van der Waals surface area contributed by atoms with Gasteiger partial charge in [-0.25, -0.2) is 0 Å². The Morgan fingerprint density at radius 2 is 1.56 bits per heavy atom. The molecule has 1 rings (SSSR count). The molecule has 0 radical (unpaired) electrons. The summed E-state index contributed by atoms with van der Waals surface area (Å²) in [6.45, 7) is 6.54. The predicted octanol–water partition coefficient (Wildman–Crippen LogP) is -3.69. The molecular weight excluding hydrogens is 192 g/mol. The van der Waals surface area contributed by atoms with E-state index >= 15 is 0 Å². The van der Waals surface area contributed by atoms with E-state index in [1.807, 2.05) is 0 Å². The Hall–Kier alpha value is -0.535. The Kier molecular flexibility index (Phi) is 3.42. The molecule has 8 heteroatoms. The standard InChI is InChI=1S/C8H20B5N3/c1-4(2)5-14-15-6(8(11,12)13)16(5)7(3,9)10/h4H,9-13H2,1-3H3. The molecule has 0 saturated carbocycles. The van der Waals surface area contributed by atoms with Gasteiger partial charge >= 0.3 is 0 Å². The zero-order valence-electron chi connectivity index (χ0n) is 11.9. The highest BCUT2D eigenvalue weighted by molar-refractivity contribution is 6.58. The van der Waals surface area contributed by atoms with E-state index in [0.29, 0.717) is 5.92 Å². The fourth-order valence-corrected chi connectivity index (χ4v) is 1.82. The van der Waals surface area contributed by atoms with Crippen molar-refractivity contribution in [2.24, 2.45) is 0 Å². The van der Waals surface area contributed by atoms with Crippen molar-refractivity contribution in [1.29, 1.82) is 0 Å². The van der Waals surface area contributed by atoms with Gasteiger partial charge in [0, 0.05) is 5.92 Å². The zero-order valence-corrected chi connectivity index (χ0v) is 11.9. The third-order valence-corrected chi connectivity index (χ3v) is 2.55. The van der Waals surface area contributed by atoms with E-state index in [1.54, 1.807) is 0 Å². The second-order valence-corrected chi connectivity index (χ2v) is 6.79. The zero-order chi connectivity index (χ0) is 12.7. The summed E-state index contributed by atoms with van der Waals surface area (Å²) in [4.78, 5) is 0. The Labute approximate surface area is 103 Å². The highest BCUT2D eigenvalue weighted by Crippen LogP contribution is 2.23. The van der Waals surface area contributed by atoms with Crippen LogP contribution < -0.4 is 0 Å². The molecule has 3 nitrogen and oxygen atoms in total. The average molecular weight is 212 g/mol. The summed E-state index contributed by atoms with van der Waals surface area (Å²) in [5, 5.41) is 8.82. The maximum Gasteiger partial charge on any atom is 0.134 e. The van der Waals surface area contributed by atoms with Crippen LogP contribution in [0.2, 0.25) is 0 Å². The van der Waals surface area contributed by atoms with Gasteiger partial charge in [-0.3, -0.25) is 0 Å². The molecule has 1 aromatic rings. The molecule has 1 heterocycles. The third-order valence-electron chi connectivity index (χ3n) is 2.55. The molecule has 82 valence electrons. The first-order chi connectivity index (χ1) is 7.05. The maximum atomic E-state index is 4.39. The van der Waals surface area contributed by atoms with Crippen molar-refractivity contribution in [2.75, 3.05) is 0 Å². The molecule has 0 spiro atoms. The quantitative estimate of drug-likeness (QED) is 0.483. The molecule has 0 saturated heterocycles. The Bertz CT molecular complexity index is 374. The van der Waals surface area contributed by atoms with E-state index in [-0.39, 0.29) is 10.5 Å². The van der Waals surface area contributed by atoms with Gasteiger partial charge in [0.15, 0.2) is 0 Å². The van der Waals surface area contributed by atoms with Crippen molar-refractivity contribution in [2.45, 2.75) is 37.1 Å². The van der Waals surface area contributed by atoms with Crippen molar-refractivity contribution >= 4 is 39.2 Å². The molecule has 0 bridgehead atoms. The maximum absolute atomic E-state index is 4.39. The van der Waals surface area contributed by atoms with Crippen LogP contribution in [-0.2, 0) is 10.5 Å². The van der Waals surface area contributed by atoms with Crippen molar-refractivity contribution in [1.82, 2.24) is 14.8 Å². The highest BCUT2D eigenvalue weighted by atomic mass is 15.3. The summed E-state index contributed by atoms with van der Waals surface area (Å²) in [5.74, 6) is 2.56. The molecule has 1 aromatic heterocycles. The van der Waals surface area contributed by atoms with Crippen LogP contribution in [0.4, 0.5) is 0 Å². The van der Waals surface area contributed by atoms with Gasteiger partial charge in [0.25, 0.3) is 0 Å². The molecule has 16 heavy (non-hydrogen) atoms. The van der Waals surface area contributed by atoms with E-state index in [2.05, 4.69) is 74.8 Å². The first kappa shape index (κ1) is 13.5. The minimum atomic E-state index is 0.0334. The molecule has 0 atom stereocenters. The van der Waals surface area contributed by atoms with Crippen molar-refractivity contribution in [3.63, 3.8) is 0 Å². The lowest BCUT2D eigenvalue weighted by atomic mass is 9.42. The monoisotopic (exact) mass is 213 g/mol. The van der Waals surface area contributed by atoms with Gasteiger partial charge in [0.1, 0.15) is 27.3 Å². The SMILES string of the molecule is BC(B)(B)c1nnc(C(C)C)n1C(B)(B)C. The number of nitrogens with zero attached hydrogens (tertiary/aromatic N) is 3. The summed E-state index contributed by atoms with van der Waals surface area (Å²) in [5.41, 5.74) is 0. The largest absolute Gasteiger partial charge is 0.327 e. The highest BCUT2D eigenvalue weighted by Gasteiger charge is 2.30. The second-order valence-electron chi connectivity index (χ2n) is 6.79. The Morgan fingerprint density at radius 1 is 1.06 bits per heavy atom. The second kappa shape index (κ2) is 4.04. The molecule has 0 aliphatic rings. The summed E-state index contributed by atoms with van der Waals surface area (Å²) in [6, 6.07) is 0. The van der Waals surface area contributed by atoms with Crippen LogP contribution in [0.3, 0.4) is 0 Å². The molecule has 0 unspecified atom stereocenters. The minimum Gasteiger partial charge on any atom is -0.327 e. The van der Waals surface area contributed by atoms with Crippen LogP contribution in [0.15, 0.2) is 0 Å². The summed E-state index contributed by atoms with van der Waals surface area (Å²) >= 11 is 0. The van der Waals surface area contributed by atoms with Crippen molar-refractivity contribution in [3.05, 3.63) is 11.6 Å². The molecule has 0 amide bonds. The average Bonchev–Trinajstić information content (AvgIpc) is 2.43. The molecule has 0 fully saturated rings. The van der Waals surface area contributed by atoms with E-state index < -0.39 is 0 Å². The lowest BCUT2D eigenvalue weighted by Gasteiger charge is -2.30. The van der Waals surface area contributed by atoms with Gasteiger partial charge in [-0.05, 0) is 5.34 Å². The summed E-state index contributed by atoms with van der Waals surface area (Å²) < 4.78 is 2.29. The molecule has 0 aliphatic heterocycles. The van der Waals surface area contributed by atoms with Gasteiger partial charge in [-0.2, -0.15) is 0 Å².